The number of halogens is 1. The molecule has 1 aliphatic carbocycles. The van der Waals surface area contributed by atoms with Crippen LogP contribution in [0.3, 0.4) is 0 Å². The number of nitrogens with one attached hydrogen (secondary N) is 2. The second kappa shape index (κ2) is 9.48. The Balaban J connectivity index is 0.00000208. The van der Waals surface area contributed by atoms with Crippen LogP contribution in [0.5, 0.6) is 0 Å². The molecule has 1 heterocycles. The van der Waals surface area contributed by atoms with E-state index >= 15 is 0 Å². The minimum Gasteiger partial charge on any atom is -0.356 e. The number of aryl methyl sites for hydroxylation is 2. The third kappa shape index (κ3) is 5.10. The Morgan fingerprint density at radius 1 is 1.25 bits per heavy atom. The Bertz CT molecular complexity index is 637. The molecule has 0 spiro atoms. The Kier molecular flexibility index (Phi) is 7.32. The topological polar surface area (TPSA) is 57.8 Å². The number of imidazole rings is 1. The van der Waals surface area contributed by atoms with Crippen molar-refractivity contribution in [2.24, 2.45) is 5.92 Å². The van der Waals surface area contributed by atoms with E-state index in [1.807, 2.05) is 0 Å². The quantitative estimate of drug-likeness (QED) is 0.742. The van der Waals surface area contributed by atoms with Crippen LogP contribution in [0.1, 0.15) is 45.5 Å². The number of fused-ring (bicyclic) bond motifs is 1. The van der Waals surface area contributed by atoms with E-state index < -0.39 is 0 Å². The van der Waals surface area contributed by atoms with Gasteiger partial charge in [0.1, 0.15) is 0 Å². The van der Waals surface area contributed by atoms with Crippen LogP contribution in [0.2, 0.25) is 0 Å². The molecule has 0 aliphatic heterocycles. The van der Waals surface area contributed by atoms with Gasteiger partial charge in [-0.05, 0) is 37.7 Å². The number of unbranched alkanes of at least 4 members (excludes halogenated alkanes) is 2. The summed E-state index contributed by atoms with van der Waals surface area (Å²) in [4.78, 5) is 19.7. The molecule has 1 aromatic carbocycles. The van der Waals surface area contributed by atoms with Gasteiger partial charge in [0.25, 0.3) is 0 Å². The van der Waals surface area contributed by atoms with Crippen molar-refractivity contribution in [3.63, 3.8) is 0 Å². The smallest absolute Gasteiger partial charge is 0.223 e. The normalized spacial score (nSPS) is 16.1. The number of carbonyl (C=O) groups is 1. The lowest BCUT2D eigenvalue weighted by atomic mass is 9.89. The van der Waals surface area contributed by atoms with Crippen LogP contribution >= 0.6 is 12.4 Å². The molecule has 0 bridgehead atoms. The number of benzene rings is 1. The molecule has 24 heavy (non-hydrogen) atoms. The van der Waals surface area contributed by atoms with Crippen LogP contribution in [0, 0.1) is 5.92 Å². The van der Waals surface area contributed by atoms with Crippen molar-refractivity contribution >= 4 is 18.3 Å². The first-order chi connectivity index (χ1) is 11.3. The van der Waals surface area contributed by atoms with Gasteiger partial charge in [-0.15, -0.1) is 12.4 Å². The van der Waals surface area contributed by atoms with E-state index in [1.54, 1.807) is 6.33 Å². The summed E-state index contributed by atoms with van der Waals surface area (Å²) >= 11 is 0. The van der Waals surface area contributed by atoms with Gasteiger partial charge in [-0.3, -0.25) is 4.79 Å². The molecule has 3 rings (SSSR count). The standard InChI is InChI=1S/C19H25N3O.ClH.2H2/c23-19(16-10-11-17-18(13-16)22-14-21-17)20-12-6-2-5-9-15-7-3-1-4-8-15;;;/h1,3-4,7-8,14,16H,2,5-6,9-13H2,(H,20,23)(H,21,22);3*1H. The van der Waals surface area contributed by atoms with Crippen LogP contribution in [0.15, 0.2) is 36.7 Å². The molecule has 0 saturated heterocycles. The van der Waals surface area contributed by atoms with Gasteiger partial charge in [-0.25, -0.2) is 4.98 Å². The molecule has 2 N–H and O–H groups in total. The van der Waals surface area contributed by atoms with E-state index in [0.29, 0.717) is 0 Å². The number of hydrogen-bond donors (Lipinski definition) is 2. The molecule has 4 nitrogen and oxygen atoms in total. The SMILES string of the molecule is Cl.O=C(NCCCCCc1ccccc1)C1CCc2nc[nH]c2C1.[HH].[HH]. The monoisotopic (exact) mass is 351 g/mol. The maximum atomic E-state index is 12.2. The zero-order chi connectivity index (χ0) is 15.9. The fourth-order valence-electron chi connectivity index (χ4n) is 3.26. The van der Waals surface area contributed by atoms with Gasteiger partial charge < -0.3 is 10.3 Å². The van der Waals surface area contributed by atoms with Crippen LogP contribution < -0.4 is 5.32 Å². The first-order valence-corrected chi connectivity index (χ1v) is 8.65. The van der Waals surface area contributed by atoms with E-state index in [1.165, 1.54) is 12.0 Å². The van der Waals surface area contributed by atoms with Crippen molar-refractivity contribution in [2.75, 3.05) is 6.54 Å². The van der Waals surface area contributed by atoms with Crippen LogP contribution in [-0.4, -0.2) is 22.4 Å². The average Bonchev–Trinajstić information content (AvgIpc) is 3.06. The van der Waals surface area contributed by atoms with E-state index in [2.05, 4.69) is 45.6 Å². The molecule has 0 saturated carbocycles. The molecule has 1 unspecified atom stereocenters. The highest BCUT2D eigenvalue weighted by Gasteiger charge is 2.25. The number of amides is 1. The molecule has 1 aromatic heterocycles. The van der Waals surface area contributed by atoms with Crippen molar-refractivity contribution in [2.45, 2.75) is 44.9 Å². The summed E-state index contributed by atoms with van der Waals surface area (Å²) in [6.45, 7) is 0.792. The summed E-state index contributed by atoms with van der Waals surface area (Å²) in [6, 6.07) is 10.6. The minimum absolute atomic E-state index is 0. The third-order valence-electron chi connectivity index (χ3n) is 4.64. The van der Waals surface area contributed by atoms with Gasteiger partial charge in [-0.2, -0.15) is 0 Å². The lowest BCUT2D eigenvalue weighted by Gasteiger charge is -2.20. The van der Waals surface area contributed by atoms with Gasteiger partial charge in [0.15, 0.2) is 0 Å². The summed E-state index contributed by atoms with van der Waals surface area (Å²) < 4.78 is 0. The van der Waals surface area contributed by atoms with Crippen LogP contribution in [-0.2, 0) is 24.1 Å². The van der Waals surface area contributed by atoms with Crippen LogP contribution in [0.25, 0.3) is 0 Å². The maximum absolute atomic E-state index is 12.2. The molecule has 0 fully saturated rings. The molecule has 134 valence electrons. The van der Waals surface area contributed by atoms with E-state index in [4.69, 9.17) is 0 Å². The summed E-state index contributed by atoms with van der Waals surface area (Å²) in [7, 11) is 0. The first-order valence-electron chi connectivity index (χ1n) is 8.65. The number of aromatic amines is 1. The summed E-state index contributed by atoms with van der Waals surface area (Å²) in [6.07, 6.45) is 8.88. The fraction of sp³-hybridized carbons (Fsp3) is 0.474. The Labute approximate surface area is 152 Å². The number of nitrogens with zero attached hydrogens (tertiary/aromatic N) is 1. The van der Waals surface area contributed by atoms with Crippen molar-refractivity contribution in [1.29, 1.82) is 0 Å². The van der Waals surface area contributed by atoms with E-state index in [9.17, 15) is 4.79 Å². The molecule has 1 aliphatic rings. The van der Waals surface area contributed by atoms with E-state index in [0.717, 1.165) is 56.5 Å². The molecule has 1 amide bonds. The van der Waals surface area contributed by atoms with Crippen LogP contribution in [0.4, 0.5) is 0 Å². The van der Waals surface area contributed by atoms with Gasteiger partial charge in [-0.1, -0.05) is 36.8 Å². The van der Waals surface area contributed by atoms with Gasteiger partial charge in [0, 0.05) is 27.4 Å². The summed E-state index contributed by atoms with van der Waals surface area (Å²) in [5.74, 6) is 0.306. The van der Waals surface area contributed by atoms with Gasteiger partial charge in [0.05, 0.1) is 12.0 Å². The molecule has 2 aromatic rings. The lowest BCUT2D eigenvalue weighted by molar-refractivity contribution is -0.125. The molecule has 0 radical (unpaired) electrons. The molecule has 5 heteroatoms. The van der Waals surface area contributed by atoms with E-state index in [-0.39, 0.29) is 27.1 Å². The molecule has 1 atom stereocenters. The molecular formula is C19H30ClN3O. The summed E-state index contributed by atoms with van der Waals surface area (Å²) in [5, 5.41) is 3.10. The lowest BCUT2D eigenvalue weighted by Crippen LogP contribution is -2.34. The number of hydrogen-bond acceptors (Lipinski definition) is 2. The predicted octanol–water partition coefficient (Wildman–Crippen LogP) is 3.96. The Hall–Kier alpha value is -1.81. The van der Waals surface area contributed by atoms with Crippen molar-refractivity contribution in [3.05, 3.63) is 53.6 Å². The Morgan fingerprint density at radius 3 is 2.92 bits per heavy atom. The highest BCUT2D eigenvalue weighted by Crippen LogP contribution is 2.22. The second-order valence-electron chi connectivity index (χ2n) is 6.35. The largest absolute Gasteiger partial charge is 0.356 e. The highest BCUT2D eigenvalue weighted by atomic mass is 35.5. The zero-order valence-corrected chi connectivity index (χ0v) is 14.8. The Morgan fingerprint density at radius 2 is 2.08 bits per heavy atom. The predicted molar refractivity (Wildman–Crippen MR) is 103 cm³/mol. The average molecular weight is 352 g/mol. The maximum Gasteiger partial charge on any atom is 0.223 e. The number of aromatic nitrogens is 2. The van der Waals surface area contributed by atoms with Crippen molar-refractivity contribution in [1.82, 2.24) is 15.3 Å². The second-order valence-corrected chi connectivity index (χ2v) is 6.35. The third-order valence-corrected chi connectivity index (χ3v) is 4.64. The zero-order valence-electron chi connectivity index (χ0n) is 14.0. The number of carbonyl (C=O) groups excluding carboxylic acids is 1. The summed E-state index contributed by atoms with van der Waals surface area (Å²) in [5.41, 5.74) is 3.67. The molecular weight excluding hydrogens is 322 g/mol. The number of rotatable bonds is 7. The highest BCUT2D eigenvalue weighted by molar-refractivity contribution is 5.85. The van der Waals surface area contributed by atoms with Crippen molar-refractivity contribution < 1.29 is 7.65 Å². The minimum atomic E-state index is 0. The number of H-pyrrole nitrogens is 1. The van der Waals surface area contributed by atoms with Gasteiger partial charge in [0.2, 0.25) is 5.91 Å². The van der Waals surface area contributed by atoms with Crippen molar-refractivity contribution in [3.8, 4) is 0 Å². The van der Waals surface area contributed by atoms with Gasteiger partial charge >= 0.3 is 0 Å². The fourth-order valence-corrected chi connectivity index (χ4v) is 3.26. The first kappa shape index (κ1) is 18.5.